The number of carbonyl (C=O) groups is 3. The van der Waals surface area contributed by atoms with Crippen LogP contribution >= 0.6 is 7.92 Å². The van der Waals surface area contributed by atoms with Crippen LogP contribution in [0.4, 0.5) is 0 Å². The summed E-state index contributed by atoms with van der Waals surface area (Å²) in [5.41, 5.74) is 7.83. The summed E-state index contributed by atoms with van der Waals surface area (Å²) < 4.78 is 10.5. The van der Waals surface area contributed by atoms with Gasteiger partial charge in [-0.15, -0.1) is 0 Å². The van der Waals surface area contributed by atoms with E-state index in [-0.39, 0.29) is 5.91 Å². The quantitative estimate of drug-likeness (QED) is 0.682. The third kappa shape index (κ3) is 3.24. The fraction of sp³-hybridized carbons (Fsp3) is 0.692. The second kappa shape index (κ2) is 7.09. The SMILES string of the molecule is N[C@@H](C#P=O)C(=O)N1CCC[C@H]1C(=O)N1CCC[C@H]1C(=O)O. The van der Waals surface area contributed by atoms with Crippen molar-refractivity contribution in [2.24, 2.45) is 5.73 Å². The summed E-state index contributed by atoms with van der Waals surface area (Å²) >= 11 is 0. The van der Waals surface area contributed by atoms with Gasteiger partial charge in [-0.1, -0.05) is 0 Å². The number of likely N-dealkylation sites (tertiary alicyclic amines) is 2. The van der Waals surface area contributed by atoms with Gasteiger partial charge in [0.05, 0.1) is 0 Å². The number of nitrogens with two attached hydrogens (primary N) is 1. The first-order valence-electron chi connectivity index (χ1n) is 7.14. The molecule has 120 valence electrons. The molecule has 0 spiro atoms. The molecular formula is C13H18N3O5P. The molecule has 0 aromatic rings. The normalized spacial score (nSPS) is 25.7. The van der Waals surface area contributed by atoms with E-state index >= 15 is 0 Å². The third-order valence-corrected chi connectivity index (χ3v) is 4.48. The fourth-order valence-electron chi connectivity index (χ4n) is 3.06. The summed E-state index contributed by atoms with van der Waals surface area (Å²) in [6.45, 7) is 0.768. The summed E-state index contributed by atoms with van der Waals surface area (Å²) in [5.74, 6) is -1.88. The molecule has 2 heterocycles. The van der Waals surface area contributed by atoms with Crippen molar-refractivity contribution in [1.82, 2.24) is 9.80 Å². The molecule has 2 aliphatic rings. The van der Waals surface area contributed by atoms with Crippen molar-refractivity contribution < 1.29 is 24.1 Å². The number of hydrogen-bond donors (Lipinski definition) is 2. The van der Waals surface area contributed by atoms with Gasteiger partial charge in [0, 0.05) is 0 Å². The molecule has 8 nitrogen and oxygen atoms in total. The average Bonchev–Trinajstić information content (AvgIpc) is 3.14. The van der Waals surface area contributed by atoms with Crippen molar-refractivity contribution in [3.63, 3.8) is 0 Å². The number of hydrogen-bond acceptors (Lipinski definition) is 5. The summed E-state index contributed by atoms with van der Waals surface area (Å²) in [7, 11) is -0.462. The zero-order valence-electron chi connectivity index (χ0n) is 12.0. The molecule has 0 aromatic heterocycles. The van der Waals surface area contributed by atoms with Crippen molar-refractivity contribution in [3.8, 4) is 5.63 Å². The monoisotopic (exact) mass is 327 g/mol. The predicted molar refractivity (Wildman–Crippen MR) is 76.6 cm³/mol. The number of nitrogens with zero attached hydrogens (tertiary/aromatic N) is 2. The molecule has 0 radical (unpaired) electrons. The van der Waals surface area contributed by atoms with Crippen LogP contribution in [0.3, 0.4) is 0 Å². The molecule has 9 heteroatoms. The van der Waals surface area contributed by atoms with Gasteiger partial charge < -0.3 is 0 Å². The average molecular weight is 327 g/mol. The van der Waals surface area contributed by atoms with Crippen molar-refractivity contribution in [1.29, 1.82) is 0 Å². The van der Waals surface area contributed by atoms with Crippen LogP contribution < -0.4 is 5.73 Å². The van der Waals surface area contributed by atoms with Gasteiger partial charge >= 0.3 is 128 Å². The van der Waals surface area contributed by atoms with Crippen LogP contribution in [0.1, 0.15) is 25.7 Å². The molecule has 3 atom stereocenters. The van der Waals surface area contributed by atoms with E-state index < -0.39 is 37.9 Å². The molecular weight excluding hydrogens is 309 g/mol. The van der Waals surface area contributed by atoms with E-state index in [4.69, 9.17) is 10.8 Å². The number of rotatable bonds is 3. The number of aliphatic carboxylic acids is 1. The topological polar surface area (TPSA) is 121 Å². The first kappa shape index (κ1) is 16.7. The number of carbonyl (C=O) groups excluding carboxylic acids is 2. The molecule has 0 aromatic carbocycles. The first-order chi connectivity index (χ1) is 10.5. The van der Waals surface area contributed by atoms with Crippen LogP contribution in [0.25, 0.3) is 0 Å². The van der Waals surface area contributed by atoms with Crippen molar-refractivity contribution in [3.05, 3.63) is 0 Å². The minimum absolute atomic E-state index is 0.345. The standard InChI is InChI=1S/C13H18N3O5P/c14-8(7-22-21)11(17)15-5-1-3-9(15)12(18)16-6-2-4-10(16)13(19)20/h8-10H,1-6,14H2,(H,19,20)/t8-,9-,10-/m0/s1. The molecule has 2 rings (SSSR count). The van der Waals surface area contributed by atoms with E-state index in [1.54, 1.807) is 0 Å². The Kier molecular flexibility index (Phi) is 5.40. The van der Waals surface area contributed by atoms with Gasteiger partial charge in [-0.05, 0) is 0 Å². The Hall–Kier alpha value is -1.62. The predicted octanol–water partition coefficient (Wildman–Crippen LogP) is -0.369. The zero-order valence-corrected chi connectivity index (χ0v) is 12.9. The molecule has 0 aliphatic carbocycles. The van der Waals surface area contributed by atoms with Crippen LogP contribution in [-0.4, -0.2) is 63.9 Å². The van der Waals surface area contributed by atoms with Crippen molar-refractivity contribution in [2.75, 3.05) is 13.1 Å². The Morgan fingerprint density at radius 2 is 1.73 bits per heavy atom. The Bertz CT molecular complexity index is 589. The number of carboxylic acids is 1. The van der Waals surface area contributed by atoms with Crippen LogP contribution in [0.2, 0.25) is 0 Å². The van der Waals surface area contributed by atoms with E-state index in [1.165, 1.54) is 9.80 Å². The van der Waals surface area contributed by atoms with Crippen molar-refractivity contribution in [2.45, 2.75) is 43.8 Å². The van der Waals surface area contributed by atoms with Gasteiger partial charge in [-0.3, -0.25) is 0 Å². The molecule has 3 N–H and O–H groups in total. The van der Waals surface area contributed by atoms with Crippen LogP contribution in [-0.2, 0) is 18.9 Å². The van der Waals surface area contributed by atoms with Gasteiger partial charge in [0.15, 0.2) is 0 Å². The third-order valence-electron chi connectivity index (χ3n) is 4.10. The van der Waals surface area contributed by atoms with E-state index in [0.29, 0.717) is 38.8 Å². The van der Waals surface area contributed by atoms with Crippen molar-refractivity contribution >= 4 is 25.7 Å². The zero-order chi connectivity index (χ0) is 16.3. The Balaban J connectivity index is 2.14. The van der Waals surface area contributed by atoms with Gasteiger partial charge in [0.1, 0.15) is 0 Å². The number of amides is 2. The molecule has 0 saturated carbocycles. The molecule has 0 unspecified atom stereocenters. The maximum atomic E-state index is 12.6. The number of carboxylic acid groups (broad SMARTS) is 1. The Labute approximate surface area is 128 Å². The summed E-state index contributed by atoms with van der Waals surface area (Å²) in [5, 5.41) is 9.17. The van der Waals surface area contributed by atoms with E-state index in [1.807, 2.05) is 0 Å². The van der Waals surface area contributed by atoms with E-state index in [9.17, 15) is 18.9 Å². The van der Waals surface area contributed by atoms with E-state index in [2.05, 4.69) is 5.63 Å². The Morgan fingerprint density at radius 3 is 2.32 bits per heavy atom. The molecule has 22 heavy (non-hydrogen) atoms. The molecule has 2 saturated heterocycles. The molecule has 0 bridgehead atoms. The van der Waals surface area contributed by atoms with Gasteiger partial charge in [-0.25, -0.2) is 0 Å². The Morgan fingerprint density at radius 1 is 1.14 bits per heavy atom. The molecule has 2 aliphatic heterocycles. The fourth-order valence-corrected chi connectivity index (χ4v) is 3.28. The summed E-state index contributed by atoms with van der Waals surface area (Å²) in [4.78, 5) is 38.7. The molecule has 2 fully saturated rings. The first-order valence-corrected chi connectivity index (χ1v) is 7.96. The second-order valence-corrected chi connectivity index (χ2v) is 5.86. The van der Waals surface area contributed by atoms with Crippen LogP contribution in [0.5, 0.6) is 0 Å². The van der Waals surface area contributed by atoms with E-state index in [0.717, 1.165) is 0 Å². The minimum atomic E-state index is -1.15. The molecule has 2 amide bonds. The van der Waals surface area contributed by atoms with Gasteiger partial charge in [0.2, 0.25) is 0 Å². The van der Waals surface area contributed by atoms with Crippen LogP contribution in [0, 0.1) is 5.63 Å². The van der Waals surface area contributed by atoms with Crippen LogP contribution in [0.15, 0.2) is 0 Å². The summed E-state index contributed by atoms with van der Waals surface area (Å²) in [6.07, 6.45) is 2.20. The maximum absolute atomic E-state index is 12.6. The van der Waals surface area contributed by atoms with Gasteiger partial charge in [0.25, 0.3) is 0 Å². The second-order valence-electron chi connectivity index (χ2n) is 5.42. The van der Waals surface area contributed by atoms with Gasteiger partial charge in [-0.2, -0.15) is 0 Å². The summed E-state index contributed by atoms with van der Waals surface area (Å²) in [6, 6.07) is -2.66.